The van der Waals surface area contributed by atoms with Gasteiger partial charge < -0.3 is 15.0 Å². The number of carbonyl (C=O) groups is 2. The molecule has 0 saturated carbocycles. The fourth-order valence-electron chi connectivity index (χ4n) is 1.84. The average molecular weight is 223 g/mol. The Balaban J connectivity index is 2.48. The molecule has 0 bridgehead atoms. The lowest BCUT2D eigenvalue weighted by Gasteiger charge is -2.32. The number of aromatic amines is 1. The van der Waals surface area contributed by atoms with Gasteiger partial charge in [-0.3, -0.25) is 9.69 Å². The van der Waals surface area contributed by atoms with Crippen LogP contribution in [0, 0.1) is 0 Å². The van der Waals surface area contributed by atoms with E-state index in [9.17, 15) is 9.59 Å². The largest absolute Gasteiger partial charge is 0.477 e. The topological polar surface area (TPSA) is 76.6 Å². The molecule has 2 rings (SSSR count). The summed E-state index contributed by atoms with van der Waals surface area (Å²) in [7, 11) is 1.87. The minimum atomic E-state index is -1.02. The maximum atomic E-state index is 11.4. The van der Waals surface area contributed by atoms with Gasteiger partial charge >= 0.3 is 5.97 Å². The molecule has 6 nitrogen and oxygen atoms in total. The first-order chi connectivity index (χ1) is 7.50. The summed E-state index contributed by atoms with van der Waals surface area (Å²) < 4.78 is 0. The highest BCUT2D eigenvalue weighted by molar-refractivity contribution is 5.98. The predicted octanol–water partition coefficient (Wildman–Crippen LogP) is 0.516. The molecule has 0 fully saturated rings. The zero-order valence-electron chi connectivity index (χ0n) is 9.15. The predicted molar refractivity (Wildman–Crippen MR) is 59.0 cm³/mol. The van der Waals surface area contributed by atoms with Crippen molar-refractivity contribution < 1.29 is 14.7 Å². The summed E-state index contributed by atoms with van der Waals surface area (Å²) >= 11 is 0. The van der Waals surface area contributed by atoms with E-state index in [0.29, 0.717) is 18.9 Å². The maximum absolute atomic E-state index is 11.4. The minimum Gasteiger partial charge on any atom is -0.477 e. The van der Waals surface area contributed by atoms with Crippen molar-refractivity contribution in [2.75, 3.05) is 29.9 Å². The molecule has 16 heavy (non-hydrogen) atoms. The van der Waals surface area contributed by atoms with Crippen LogP contribution in [0.15, 0.2) is 6.07 Å². The van der Waals surface area contributed by atoms with Crippen LogP contribution in [-0.4, -0.2) is 42.1 Å². The van der Waals surface area contributed by atoms with E-state index in [1.165, 1.54) is 6.92 Å². The van der Waals surface area contributed by atoms with E-state index >= 15 is 0 Å². The van der Waals surface area contributed by atoms with E-state index in [2.05, 4.69) is 4.98 Å². The molecule has 1 aromatic heterocycles. The summed E-state index contributed by atoms with van der Waals surface area (Å²) in [5, 5.41) is 8.89. The molecule has 1 aliphatic rings. The Kier molecular flexibility index (Phi) is 2.34. The maximum Gasteiger partial charge on any atom is 0.352 e. The number of carboxylic acids is 1. The lowest BCUT2D eigenvalue weighted by molar-refractivity contribution is -0.116. The molecule has 0 unspecified atom stereocenters. The van der Waals surface area contributed by atoms with Crippen LogP contribution < -0.4 is 9.80 Å². The van der Waals surface area contributed by atoms with Crippen molar-refractivity contribution in [1.29, 1.82) is 0 Å². The van der Waals surface area contributed by atoms with Gasteiger partial charge in [-0.2, -0.15) is 0 Å². The van der Waals surface area contributed by atoms with Gasteiger partial charge in [-0.1, -0.05) is 0 Å². The molecule has 0 atom stereocenters. The molecule has 1 aliphatic heterocycles. The zero-order valence-corrected chi connectivity index (χ0v) is 9.15. The molecule has 0 aliphatic carbocycles. The Hall–Kier alpha value is -1.98. The Morgan fingerprint density at radius 3 is 2.69 bits per heavy atom. The number of nitrogens with one attached hydrogen (secondary N) is 1. The van der Waals surface area contributed by atoms with Gasteiger partial charge in [-0.05, 0) is 6.07 Å². The Morgan fingerprint density at radius 1 is 1.44 bits per heavy atom. The van der Waals surface area contributed by atoms with E-state index in [4.69, 9.17) is 5.11 Å². The molecule has 0 saturated heterocycles. The number of aromatic nitrogens is 1. The zero-order chi connectivity index (χ0) is 11.9. The van der Waals surface area contributed by atoms with Gasteiger partial charge in [0.15, 0.2) is 0 Å². The average Bonchev–Trinajstić information content (AvgIpc) is 2.62. The summed E-state index contributed by atoms with van der Waals surface area (Å²) in [6.07, 6.45) is 0. The Labute approximate surface area is 92.5 Å². The van der Waals surface area contributed by atoms with Crippen LogP contribution in [-0.2, 0) is 4.79 Å². The molecular formula is C10H13N3O3. The number of H-pyrrole nitrogens is 1. The number of amides is 1. The summed E-state index contributed by atoms with van der Waals surface area (Å²) in [6, 6.07) is 1.55. The number of carboxylic acid groups (broad SMARTS) is 1. The van der Waals surface area contributed by atoms with Crippen molar-refractivity contribution in [2.45, 2.75) is 6.92 Å². The van der Waals surface area contributed by atoms with Crippen LogP contribution in [0.25, 0.3) is 0 Å². The third kappa shape index (κ3) is 1.52. The summed E-state index contributed by atoms with van der Waals surface area (Å²) in [6.45, 7) is 2.73. The normalized spacial score (nSPS) is 14.9. The van der Waals surface area contributed by atoms with E-state index in [0.717, 1.165) is 5.69 Å². The molecule has 2 N–H and O–H groups in total. The first kappa shape index (κ1) is 10.5. The fourth-order valence-corrected chi connectivity index (χ4v) is 1.84. The number of rotatable bonds is 1. The summed E-state index contributed by atoms with van der Waals surface area (Å²) in [5.41, 5.74) is 0.851. The number of anilines is 2. The van der Waals surface area contributed by atoms with Gasteiger partial charge in [0.2, 0.25) is 5.91 Å². The molecule has 86 valence electrons. The second-order valence-corrected chi connectivity index (χ2v) is 3.81. The van der Waals surface area contributed by atoms with Crippen molar-refractivity contribution in [3.8, 4) is 0 Å². The summed E-state index contributed by atoms with van der Waals surface area (Å²) in [5.74, 6) is -0.543. The van der Waals surface area contributed by atoms with Crippen LogP contribution in [0.5, 0.6) is 0 Å². The number of fused-ring (bicyclic) bond motifs is 1. The van der Waals surface area contributed by atoms with Crippen molar-refractivity contribution in [1.82, 2.24) is 4.98 Å². The second-order valence-electron chi connectivity index (χ2n) is 3.81. The van der Waals surface area contributed by atoms with E-state index in [1.54, 1.807) is 11.0 Å². The third-order valence-electron chi connectivity index (χ3n) is 2.73. The quantitative estimate of drug-likeness (QED) is 0.727. The number of nitrogens with zero attached hydrogens (tertiary/aromatic N) is 2. The summed E-state index contributed by atoms with van der Waals surface area (Å²) in [4.78, 5) is 28.5. The van der Waals surface area contributed by atoms with Crippen LogP contribution in [0.3, 0.4) is 0 Å². The fraction of sp³-hybridized carbons (Fsp3) is 0.400. The number of hydrogen-bond acceptors (Lipinski definition) is 3. The molecule has 0 spiro atoms. The first-order valence-electron chi connectivity index (χ1n) is 4.96. The molecule has 1 amide bonds. The monoisotopic (exact) mass is 223 g/mol. The van der Waals surface area contributed by atoms with Gasteiger partial charge in [-0.25, -0.2) is 4.79 Å². The molecule has 6 heteroatoms. The Morgan fingerprint density at radius 2 is 2.12 bits per heavy atom. The van der Waals surface area contributed by atoms with Gasteiger partial charge in [0.25, 0.3) is 0 Å². The number of aromatic carboxylic acids is 1. The molecule has 0 radical (unpaired) electrons. The van der Waals surface area contributed by atoms with Crippen LogP contribution in [0.1, 0.15) is 17.4 Å². The number of carbonyl (C=O) groups excluding carboxylic acids is 1. The smallest absolute Gasteiger partial charge is 0.352 e. The lowest BCUT2D eigenvalue weighted by atomic mass is 10.3. The highest BCUT2D eigenvalue weighted by Gasteiger charge is 2.26. The molecule has 2 heterocycles. The van der Waals surface area contributed by atoms with Crippen molar-refractivity contribution >= 4 is 23.4 Å². The first-order valence-corrected chi connectivity index (χ1v) is 4.96. The van der Waals surface area contributed by atoms with Crippen LogP contribution >= 0.6 is 0 Å². The second kappa shape index (κ2) is 3.55. The lowest BCUT2D eigenvalue weighted by Crippen LogP contribution is -2.41. The molecular weight excluding hydrogens is 210 g/mol. The highest BCUT2D eigenvalue weighted by Crippen LogP contribution is 2.32. The number of likely N-dealkylation sites (N-methyl/N-ethyl adjacent to an activating group) is 1. The van der Waals surface area contributed by atoms with E-state index in [-0.39, 0.29) is 11.6 Å². The third-order valence-corrected chi connectivity index (χ3v) is 2.73. The highest BCUT2D eigenvalue weighted by atomic mass is 16.4. The standard InChI is InChI=1S/C10H13N3O3/c1-6(14)13-4-3-12(2)8-5-7(10(15)16)11-9(8)13/h5,11H,3-4H2,1-2H3,(H,15,16). The van der Waals surface area contributed by atoms with Crippen molar-refractivity contribution in [2.24, 2.45) is 0 Å². The van der Waals surface area contributed by atoms with E-state index < -0.39 is 5.97 Å². The van der Waals surface area contributed by atoms with E-state index in [1.807, 2.05) is 11.9 Å². The minimum absolute atomic E-state index is 0.0897. The van der Waals surface area contributed by atoms with Gasteiger partial charge in [-0.15, -0.1) is 0 Å². The van der Waals surface area contributed by atoms with Crippen molar-refractivity contribution in [3.05, 3.63) is 11.8 Å². The van der Waals surface area contributed by atoms with Gasteiger partial charge in [0.05, 0.1) is 5.69 Å². The molecule has 0 aromatic carbocycles. The van der Waals surface area contributed by atoms with Crippen molar-refractivity contribution in [3.63, 3.8) is 0 Å². The van der Waals surface area contributed by atoms with Crippen LogP contribution in [0.4, 0.5) is 11.5 Å². The number of hydrogen-bond donors (Lipinski definition) is 2. The van der Waals surface area contributed by atoms with Gasteiger partial charge in [0.1, 0.15) is 11.5 Å². The SMILES string of the molecule is CC(=O)N1CCN(C)c2cc(C(=O)O)[nH]c21. The van der Waals surface area contributed by atoms with Gasteiger partial charge in [0, 0.05) is 27.1 Å². The van der Waals surface area contributed by atoms with Crippen LogP contribution in [0.2, 0.25) is 0 Å². The molecule has 1 aromatic rings. The Bertz CT molecular complexity index is 452.